The van der Waals surface area contributed by atoms with Gasteiger partial charge in [-0.3, -0.25) is 14.5 Å². The van der Waals surface area contributed by atoms with Crippen molar-refractivity contribution in [2.75, 3.05) is 23.9 Å². The molecule has 2 aromatic rings. The van der Waals surface area contributed by atoms with Crippen LogP contribution < -0.4 is 15.0 Å². The number of ether oxygens (including phenoxy) is 2. The van der Waals surface area contributed by atoms with E-state index in [1.54, 1.807) is 24.3 Å². The fraction of sp³-hybridized carbons (Fsp3) is 0.250. The minimum Gasteiger partial charge on any atom is -0.495 e. The first-order valence-electron chi connectivity index (χ1n) is 8.86. The van der Waals surface area contributed by atoms with Gasteiger partial charge in [-0.1, -0.05) is 35.5 Å². The highest BCUT2D eigenvalue weighted by molar-refractivity contribution is 8.02. The zero-order valence-electron chi connectivity index (χ0n) is 15.4. The van der Waals surface area contributed by atoms with E-state index >= 15 is 0 Å². The second-order valence-electron chi connectivity index (χ2n) is 6.56. The van der Waals surface area contributed by atoms with Gasteiger partial charge in [-0.05, 0) is 30.3 Å². The smallest absolute Gasteiger partial charge is 0.344 e. The molecule has 150 valence electrons. The van der Waals surface area contributed by atoms with Gasteiger partial charge in [0.25, 0.3) is 5.91 Å². The van der Waals surface area contributed by atoms with Crippen LogP contribution in [0.2, 0.25) is 5.02 Å². The van der Waals surface area contributed by atoms with Crippen LogP contribution >= 0.6 is 23.4 Å². The number of hydrogen-bond donors (Lipinski definition) is 1. The monoisotopic (exact) mass is 432 g/mol. The molecule has 29 heavy (non-hydrogen) atoms. The Morgan fingerprint density at radius 2 is 2.07 bits per heavy atom. The standard InChI is InChI=1S/C20H17ClN2O5S/c1-27-15-7-6-12(10-13(15)21)22-17(24)11-28-19(26)20-9-8-18(25)23(20)14-4-2-3-5-16(14)29-20/h2-7,10H,8-9,11H2,1H3,(H,22,24). The fourth-order valence-corrected chi connectivity index (χ4v) is 5.13. The summed E-state index contributed by atoms with van der Waals surface area (Å²) in [5, 5.41) is 2.97. The molecule has 0 aliphatic carbocycles. The first kappa shape index (κ1) is 19.6. The van der Waals surface area contributed by atoms with Crippen LogP contribution in [0.3, 0.4) is 0 Å². The van der Waals surface area contributed by atoms with Crippen molar-refractivity contribution >= 4 is 52.5 Å². The molecule has 9 heteroatoms. The van der Waals surface area contributed by atoms with E-state index < -0.39 is 23.4 Å². The predicted molar refractivity (Wildman–Crippen MR) is 109 cm³/mol. The summed E-state index contributed by atoms with van der Waals surface area (Å²) in [5.74, 6) is -0.754. The lowest BCUT2D eigenvalue weighted by Crippen LogP contribution is -2.48. The second kappa shape index (κ2) is 7.61. The number of amides is 2. The van der Waals surface area contributed by atoms with Gasteiger partial charge in [-0.25, -0.2) is 4.79 Å². The Morgan fingerprint density at radius 1 is 1.28 bits per heavy atom. The quantitative estimate of drug-likeness (QED) is 0.728. The molecule has 1 fully saturated rings. The average molecular weight is 433 g/mol. The number of thioether (sulfide) groups is 1. The normalized spacial score (nSPS) is 19.5. The Hall–Kier alpha value is -2.71. The molecule has 0 spiro atoms. The molecule has 2 aromatic carbocycles. The topological polar surface area (TPSA) is 84.9 Å². The number of rotatable bonds is 5. The van der Waals surface area contributed by atoms with Crippen LogP contribution in [0.15, 0.2) is 47.4 Å². The van der Waals surface area contributed by atoms with Crippen LogP contribution in [0.25, 0.3) is 0 Å². The minimum absolute atomic E-state index is 0.128. The van der Waals surface area contributed by atoms with Crippen LogP contribution in [-0.4, -0.2) is 36.4 Å². The van der Waals surface area contributed by atoms with E-state index in [2.05, 4.69) is 5.32 Å². The van der Waals surface area contributed by atoms with Crippen LogP contribution in [-0.2, 0) is 19.1 Å². The van der Waals surface area contributed by atoms with E-state index in [9.17, 15) is 14.4 Å². The number of methoxy groups -OCH3 is 1. The maximum absolute atomic E-state index is 12.9. The van der Waals surface area contributed by atoms with Gasteiger partial charge < -0.3 is 14.8 Å². The summed E-state index contributed by atoms with van der Waals surface area (Å²) in [4.78, 5) is 38.7. The van der Waals surface area contributed by atoms with Gasteiger partial charge in [0.1, 0.15) is 5.75 Å². The lowest BCUT2D eigenvalue weighted by atomic mass is 10.2. The van der Waals surface area contributed by atoms with Gasteiger partial charge >= 0.3 is 5.97 Å². The molecule has 2 aliphatic heterocycles. The Balaban J connectivity index is 1.43. The number of esters is 1. The largest absolute Gasteiger partial charge is 0.495 e. The lowest BCUT2D eigenvalue weighted by molar-refractivity contribution is -0.149. The summed E-state index contributed by atoms with van der Waals surface area (Å²) in [5.41, 5.74) is 1.16. The molecule has 1 saturated heterocycles. The predicted octanol–water partition coefficient (Wildman–Crippen LogP) is 3.46. The van der Waals surface area contributed by atoms with Crippen LogP contribution in [0.1, 0.15) is 12.8 Å². The first-order chi connectivity index (χ1) is 13.9. The Labute approximate surface area is 176 Å². The van der Waals surface area contributed by atoms with Crippen molar-refractivity contribution in [2.24, 2.45) is 0 Å². The number of carbonyl (C=O) groups excluding carboxylic acids is 3. The summed E-state index contributed by atoms with van der Waals surface area (Å²) in [6, 6.07) is 12.1. The molecule has 2 amide bonds. The molecule has 1 N–H and O–H groups in total. The van der Waals surface area contributed by atoms with E-state index in [0.29, 0.717) is 28.6 Å². The number of carbonyl (C=O) groups is 3. The molecule has 0 bridgehead atoms. The van der Waals surface area contributed by atoms with Crippen molar-refractivity contribution in [1.82, 2.24) is 0 Å². The number of anilines is 2. The number of nitrogens with zero attached hydrogens (tertiary/aromatic N) is 1. The van der Waals surface area contributed by atoms with Gasteiger partial charge in [-0.15, -0.1) is 0 Å². The molecule has 7 nitrogen and oxygen atoms in total. The number of nitrogens with one attached hydrogen (secondary N) is 1. The molecule has 1 atom stereocenters. The molecule has 4 rings (SSSR count). The van der Waals surface area contributed by atoms with Gasteiger partial charge in [-0.2, -0.15) is 0 Å². The molecular weight excluding hydrogens is 416 g/mol. The summed E-state index contributed by atoms with van der Waals surface area (Å²) < 4.78 is 10.4. The second-order valence-corrected chi connectivity index (χ2v) is 8.28. The van der Waals surface area contributed by atoms with Gasteiger partial charge in [0.05, 0.1) is 17.8 Å². The van der Waals surface area contributed by atoms with Gasteiger partial charge in [0.2, 0.25) is 5.91 Å². The third-order valence-corrected chi connectivity index (χ3v) is 6.51. The van der Waals surface area contributed by atoms with Gasteiger partial charge in [0.15, 0.2) is 11.5 Å². The molecule has 2 aliphatic rings. The van der Waals surface area contributed by atoms with E-state index in [0.717, 1.165) is 4.90 Å². The number of benzene rings is 2. The Bertz CT molecular complexity index is 1010. The van der Waals surface area contributed by atoms with Gasteiger partial charge in [0, 0.05) is 23.4 Å². The Morgan fingerprint density at radius 3 is 2.83 bits per heavy atom. The van der Waals surface area contributed by atoms with E-state index in [-0.39, 0.29) is 12.3 Å². The van der Waals surface area contributed by atoms with Crippen molar-refractivity contribution in [2.45, 2.75) is 22.6 Å². The average Bonchev–Trinajstić information content (AvgIpc) is 3.22. The summed E-state index contributed by atoms with van der Waals surface area (Å²) in [7, 11) is 1.49. The molecule has 2 heterocycles. The number of hydrogen-bond acceptors (Lipinski definition) is 6. The molecule has 0 aromatic heterocycles. The minimum atomic E-state index is -1.15. The third kappa shape index (κ3) is 3.42. The lowest BCUT2D eigenvalue weighted by Gasteiger charge is -2.28. The van der Waals surface area contributed by atoms with Crippen molar-refractivity contribution in [3.63, 3.8) is 0 Å². The highest BCUT2D eigenvalue weighted by Crippen LogP contribution is 2.56. The number of halogens is 1. The summed E-state index contributed by atoms with van der Waals surface area (Å²) >= 11 is 7.34. The van der Waals surface area contributed by atoms with Crippen LogP contribution in [0.5, 0.6) is 5.75 Å². The van der Waals surface area contributed by atoms with Crippen molar-refractivity contribution in [3.8, 4) is 5.75 Å². The third-order valence-electron chi connectivity index (χ3n) is 4.76. The molecular formula is C20H17ClN2O5S. The van der Waals surface area contributed by atoms with Crippen molar-refractivity contribution in [3.05, 3.63) is 47.5 Å². The highest BCUT2D eigenvalue weighted by atomic mass is 35.5. The number of para-hydroxylation sites is 1. The highest BCUT2D eigenvalue weighted by Gasteiger charge is 2.58. The maximum Gasteiger partial charge on any atom is 0.344 e. The Kier molecular flexibility index (Phi) is 5.14. The van der Waals surface area contributed by atoms with E-state index in [1.807, 2.05) is 18.2 Å². The van der Waals surface area contributed by atoms with Crippen molar-refractivity contribution < 1.29 is 23.9 Å². The molecule has 0 saturated carbocycles. The summed E-state index contributed by atoms with van der Waals surface area (Å²) in [6.07, 6.45) is 0.590. The zero-order valence-corrected chi connectivity index (χ0v) is 17.0. The van der Waals surface area contributed by atoms with Crippen LogP contribution in [0.4, 0.5) is 11.4 Å². The fourth-order valence-electron chi connectivity index (χ4n) is 3.46. The van der Waals surface area contributed by atoms with Crippen LogP contribution in [0, 0.1) is 0 Å². The maximum atomic E-state index is 12.9. The first-order valence-corrected chi connectivity index (χ1v) is 10.1. The zero-order chi connectivity index (χ0) is 20.6. The number of fused-ring (bicyclic) bond motifs is 3. The van der Waals surface area contributed by atoms with Crippen molar-refractivity contribution in [1.29, 1.82) is 0 Å². The van der Waals surface area contributed by atoms with E-state index in [4.69, 9.17) is 21.1 Å². The van der Waals surface area contributed by atoms with E-state index in [1.165, 1.54) is 23.8 Å². The molecule has 1 unspecified atom stereocenters. The summed E-state index contributed by atoms with van der Waals surface area (Å²) in [6.45, 7) is -0.469. The SMILES string of the molecule is COc1ccc(NC(=O)COC(=O)C23CCC(=O)N2c2ccccc2S3)cc1Cl. The molecule has 0 radical (unpaired) electrons.